The van der Waals surface area contributed by atoms with Crippen LogP contribution in [0.4, 0.5) is 5.69 Å². The van der Waals surface area contributed by atoms with Crippen molar-refractivity contribution in [3.63, 3.8) is 0 Å². The van der Waals surface area contributed by atoms with E-state index in [1.165, 1.54) is 0 Å². The number of fused-ring (bicyclic) bond motifs is 1. The van der Waals surface area contributed by atoms with E-state index in [1.54, 1.807) is 11.8 Å². The second-order valence-electron chi connectivity index (χ2n) is 4.02. The quantitative estimate of drug-likeness (QED) is 0.800. The summed E-state index contributed by atoms with van der Waals surface area (Å²) in [5.74, 6) is -0.310. The molecule has 2 rings (SSSR count). The zero-order valence-electron chi connectivity index (χ0n) is 9.53. The molecule has 0 aromatic heterocycles. The fourth-order valence-electron chi connectivity index (χ4n) is 2.07. The Hall–Kier alpha value is -1.49. The first kappa shape index (κ1) is 12.0. The summed E-state index contributed by atoms with van der Waals surface area (Å²) in [5.41, 5.74) is 6.69. The van der Waals surface area contributed by atoms with Crippen LogP contribution in [0.2, 0.25) is 0 Å². The van der Waals surface area contributed by atoms with E-state index in [1.807, 2.05) is 24.5 Å². The fraction of sp³-hybridized carbons (Fsp3) is 0.333. The van der Waals surface area contributed by atoms with Crippen molar-refractivity contribution in [2.24, 2.45) is 5.73 Å². The van der Waals surface area contributed by atoms with Crippen molar-refractivity contribution in [2.45, 2.75) is 23.8 Å². The Morgan fingerprint density at radius 2 is 2.35 bits per heavy atom. The number of nitrogens with one attached hydrogen (secondary N) is 1. The molecule has 1 aromatic carbocycles. The van der Waals surface area contributed by atoms with Crippen molar-refractivity contribution in [1.29, 1.82) is 0 Å². The molecular weight excluding hydrogens is 236 g/mol. The molecular formula is C12H14N2O2S. The summed E-state index contributed by atoms with van der Waals surface area (Å²) in [5, 5.41) is 3.20. The summed E-state index contributed by atoms with van der Waals surface area (Å²) in [6.07, 6.45) is 2.46. The molecule has 1 amide bonds. The highest BCUT2D eigenvalue weighted by atomic mass is 32.2. The Kier molecular flexibility index (Phi) is 3.38. The summed E-state index contributed by atoms with van der Waals surface area (Å²) >= 11 is 1.55. The van der Waals surface area contributed by atoms with Crippen LogP contribution in [-0.4, -0.2) is 24.0 Å². The van der Waals surface area contributed by atoms with E-state index in [2.05, 4.69) is 5.32 Å². The van der Waals surface area contributed by atoms with Crippen LogP contribution < -0.4 is 11.1 Å². The SMILES string of the molecule is CSc1cccc2c1C(=O)CC(CC(N)=O)N2. The highest BCUT2D eigenvalue weighted by Gasteiger charge is 2.27. The number of primary amides is 1. The molecule has 1 unspecified atom stereocenters. The van der Waals surface area contributed by atoms with E-state index < -0.39 is 0 Å². The van der Waals surface area contributed by atoms with Crippen LogP contribution in [0.15, 0.2) is 23.1 Å². The van der Waals surface area contributed by atoms with E-state index in [9.17, 15) is 9.59 Å². The predicted molar refractivity (Wildman–Crippen MR) is 68.4 cm³/mol. The number of anilines is 1. The lowest BCUT2D eigenvalue weighted by molar-refractivity contribution is -0.118. The number of benzene rings is 1. The maximum atomic E-state index is 12.1. The van der Waals surface area contributed by atoms with Crippen molar-refractivity contribution in [1.82, 2.24) is 0 Å². The first-order valence-corrected chi connectivity index (χ1v) is 6.59. The van der Waals surface area contributed by atoms with Gasteiger partial charge >= 0.3 is 0 Å². The van der Waals surface area contributed by atoms with E-state index in [0.717, 1.165) is 16.1 Å². The predicted octanol–water partition coefficient (Wildman–Crippen LogP) is 1.65. The van der Waals surface area contributed by atoms with Gasteiger partial charge in [0.05, 0.1) is 5.56 Å². The van der Waals surface area contributed by atoms with Gasteiger partial charge in [-0.05, 0) is 18.4 Å². The normalized spacial score (nSPS) is 18.4. The number of Topliss-reactive ketones (excluding diaryl/α,β-unsaturated/α-hetero) is 1. The minimum atomic E-state index is -0.389. The second kappa shape index (κ2) is 4.79. The smallest absolute Gasteiger partial charge is 0.219 e. The minimum Gasteiger partial charge on any atom is -0.381 e. The van der Waals surface area contributed by atoms with E-state index in [-0.39, 0.29) is 24.2 Å². The topological polar surface area (TPSA) is 72.2 Å². The molecule has 1 aromatic rings. The standard InChI is InChI=1S/C12H14N2O2S/c1-17-10-4-2-3-8-12(10)9(15)5-7(14-8)6-11(13)16/h2-4,7,14H,5-6H2,1H3,(H2,13,16). The average molecular weight is 250 g/mol. The average Bonchev–Trinajstić information content (AvgIpc) is 2.27. The Balaban J connectivity index is 2.32. The summed E-state index contributed by atoms with van der Waals surface area (Å²) in [4.78, 5) is 23.9. The zero-order valence-corrected chi connectivity index (χ0v) is 10.3. The van der Waals surface area contributed by atoms with Crippen LogP contribution in [0.1, 0.15) is 23.2 Å². The van der Waals surface area contributed by atoms with Gasteiger partial charge in [-0.3, -0.25) is 9.59 Å². The van der Waals surface area contributed by atoms with Crippen molar-refractivity contribution in [3.8, 4) is 0 Å². The molecule has 0 saturated carbocycles. The Morgan fingerprint density at radius 3 is 3.00 bits per heavy atom. The van der Waals surface area contributed by atoms with E-state index >= 15 is 0 Å². The third-order valence-electron chi connectivity index (χ3n) is 2.76. The van der Waals surface area contributed by atoms with Gasteiger partial charge < -0.3 is 11.1 Å². The molecule has 0 saturated heterocycles. The van der Waals surface area contributed by atoms with Gasteiger partial charge in [-0.2, -0.15) is 0 Å². The Labute approximate surface area is 104 Å². The largest absolute Gasteiger partial charge is 0.381 e. The monoisotopic (exact) mass is 250 g/mol. The van der Waals surface area contributed by atoms with Gasteiger partial charge in [0.25, 0.3) is 0 Å². The number of nitrogens with two attached hydrogens (primary N) is 1. The van der Waals surface area contributed by atoms with Gasteiger partial charge in [0.1, 0.15) is 0 Å². The molecule has 90 valence electrons. The maximum absolute atomic E-state index is 12.1. The third kappa shape index (κ3) is 2.44. The highest BCUT2D eigenvalue weighted by molar-refractivity contribution is 7.98. The molecule has 1 aliphatic heterocycles. The summed E-state index contributed by atoms with van der Waals surface area (Å²) in [7, 11) is 0. The fourth-order valence-corrected chi connectivity index (χ4v) is 2.71. The first-order chi connectivity index (χ1) is 8.11. The number of amides is 1. The van der Waals surface area contributed by atoms with Crippen LogP contribution in [0.5, 0.6) is 0 Å². The van der Waals surface area contributed by atoms with Crippen molar-refractivity contribution in [2.75, 3.05) is 11.6 Å². The molecule has 1 heterocycles. The number of rotatable bonds is 3. The lowest BCUT2D eigenvalue weighted by Crippen LogP contribution is -2.33. The number of hydrogen-bond donors (Lipinski definition) is 2. The second-order valence-corrected chi connectivity index (χ2v) is 4.87. The van der Waals surface area contributed by atoms with Crippen molar-refractivity contribution >= 4 is 29.1 Å². The van der Waals surface area contributed by atoms with Gasteiger partial charge in [-0.1, -0.05) is 6.07 Å². The lowest BCUT2D eigenvalue weighted by atomic mass is 9.95. The minimum absolute atomic E-state index is 0.0787. The molecule has 0 radical (unpaired) electrons. The first-order valence-electron chi connectivity index (χ1n) is 5.37. The Morgan fingerprint density at radius 1 is 1.59 bits per heavy atom. The molecule has 0 spiro atoms. The number of carbonyl (C=O) groups excluding carboxylic acids is 2. The van der Waals surface area contributed by atoms with Crippen LogP contribution in [0, 0.1) is 0 Å². The van der Waals surface area contributed by atoms with Crippen LogP contribution in [0.3, 0.4) is 0 Å². The van der Waals surface area contributed by atoms with Crippen LogP contribution >= 0.6 is 11.8 Å². The van der Waals surface area contributed by atoms with E-state index in [0.29, 0.717) is 6.42 Å². The van der Waals surface area contributed by atoms with Crippen molar-refractivity contribution in [3.05, 3.63) is 23.8 Å². The number of carbonyl (C=O) groups is 2. The highest BCUT2D eigenvalue weighted by Crippen LogP contribution is 2.32. The van der Waals surface area contributed by atoms with Crippen LogP contribution in [-0.2, 0) is 4.79 Å². The zero-order chi connectivity index (χ0) is 12.4. The van der Waals surface area contributed by atoms with Gasteiger partial charge in [-0.15, -0.1) is 11.8 Å². The van der Waals surface area contributed by atoms with Gasteiger partial charge in [0, 0.05) is 29.5 Å². The molecule has 17 heavy (non-hydrogen) atoms. The number of hydrogen-bond acceptors (Lipinski definition) is 4. The molecule has 4 nitrogen and oxygen atoms in total. The Bertz CT molecular complexity index is 474. The molecule has 0 aliphatic carbocycles. The van der Waals surface area contributed by atoms with Gasteiger partial charge in [0.2, 0.25) is 5.91 Å². The van der Waals surface area contributed by atoms with Crippen LogP contribution in [0.25, 0.3) is 0 Å². The molecule has 0 bridgehead atoms. The third-order valence-corrected chi connectivity index (χ3v) is 3.54. The molecule has 1 aliphatic rings. The van der Waals surface area contributed by atoms with Gasteiger partial charge in [-0.25, -0.2) is 0 Å². The summed E-state index contributed by atoms with van der Waals surface area (Å²) in [6, 6.07) is 5.51. The molecule has 5 heteroatoms. The molecule has 0 fully saturated rings. The number of ketones is 1. The summed E-state index contributed by atoms with van der Waals surface area (Å²) in [6.45, 7) is 0. The molecule has 1 atom stereocenters. The van der Waals surface area contributed by atoms with E-state index in [4.69, 9.17) is 5.73 Å². The lowest BCUT2D eigenvalue weighted by Gasteiger charge is -2.26. The maximum Gasteiger partial charge on any atom is 0.219 e. The van der Waals surface area contributed by atoms with Gasteiger partial charge in [0.15, 0.2) is 5.78 Å². The number of thioether (sulfide) groups is 1. The molecule has 3 N–H and O–H groups in total. The van der Waals surface area contributed by atoms with Crippen molar-refractivity contribution < 1.29 is 9.59 Å². The summed E-state index contributed by atoms with van der Waals surface area (Å²) < 4.78 is 0.